The van der Waals surface area contributed by atoms with E-state index in [4.69, 9.17) is 4.74 Å². The number of methoxy groups -OCH3 is 1. The number of sulfonamides is 1. The van der Waals surface area contributed by atoms with Gasteiger partial charge in [0.15, 0.2) is 0 Å². The molecule has 2 heterocycles. The van der Waals surface area contributed by atoms with Gasteiger partial charge in [0.1, 0.15) is 5.75 Å². The zero-order valence-electron chi connectivity index (χ0n) is 17.8. The van der Waals surface area contributed by atoms with E-state index in [1.54, 1.807) is 23.5 Å². The average molecular weight is 415 g/mol. The molecule has 1 unspecified atom stereocenters. The molecule has 0 radical (unpaired) electrons. The Bertz CT molecular complexity index is 1010. The van der Waals surface area contributed by atoms with Gasteiger partial charge in [-0.25, -0.2) is 8.42 Å². The molecule has 6 heteroatoms. The van der Waals surface area contributed by atoms with Crippen LogP contribution in [0.4, 0.5) is 5.69 Å². The number of hydrogen-bond acceptors (Lipinski definition) is 4. The van der Waals surface area contributed by atoms with Crippen molar-refractivity contribution in [1.82, 2.24) is 4.31 Å². The van der Waals surface area contributed by atoms with Gasteiger partial charge < -0.3 is 10.1 Å². The molecule has 0 bridgehead atoms. The Labute approximate surface area is 174 Å². The predicted octanol–water partition coefficient (Wildman–Crippen LogP) is 4.17. The maximum absolute atomic E-state index is 13.5. The second-order valence-corrected chi connectivity index (χ2v) is 10.7. The van der Waals surface area contributed by atoms with Gasteiger partial charge in [0, 0.05) is 30.2 Å². The van der Waals surface area contributed by atoms with Crippen LogP contribution >= 0.6 is 0 Å². The van der Waals surface area contributed by atoms with Gasteiger partial charge >= 0.3 is 0 Å². The first-order valence-corrected chi connectivity index (χ1v) is 11.7. The largest absolute Gasteiger partial charge is 0.497 e. The number of benzene rings is 2. The number of nitrogens with zero attached hydrogens (tertiary/aromatic N) is 1. The van der Waals surface area contributed by atoms with Crippen molar-refractivity contribution in [1.29, 1.82) is 0 Å². The molecule has 2 aliphatic rings. The van der Waals surface area contributed by atoms with Crippen LogP contribution in [0.15, 0.2) is 47.4 Å². The van der Waals surface area contributed by atoms with Crippen molar-refractivity contribution in [2.75, 3.05) is 19.0 Å². The van der Waals surface area contributed by atoms with E-state index in [0.29, 0.717) is 11.4 Å². The molecule has 4 rings (SSSR count). The van der Waals surface area contributed by atoms with Crippen LogP contribution in [0.5, 0.6) is 5.75 Å². The molecule has 1 fully saturated rings. The van der Waals surface area contributed by atoms with Gasteiger partial charge in [0.2, 0.25) is 10.0 Å². The van der Waals surface area contributed by atoms with E-state index in [-0.39, 0.29) is 23.4 Å². The molecule has 5 nitrogen and oxygen atoms in total. The topological polar surface area (TPSA) is 58.6 Å². The summed E-state index contributed by atoms with van der Waals surface area (Å²) < 4.78 is 34.2. The molecule has 0 aliphatic carbocycles. The minimum Gasteiger partial charge on any atom is -0.497 e. The van der Waals surface area contributed by atoms with Gasteiger partial charge in [-0.2, -0.15) is 4.31 Å². The summed E-state index contributed by atoms with van der Waals surface area (Å²) in [5.74, 6) is 0.999. The summed E-state index contributed by atoms with van der Waals surface area (Å²) in [5, 5.41) is 3.67. The van der Waals surface area contributed by atoms with Crippen LogP contribution in [0.25, 0.3) is 0 Å². The standard InChI is InChI=1S/C23H30N2O3S/c1-6-21-22-19(14-25(21)29(26,27)17-10-7-15(2)8-11-17)23(3,4)18-13-16(28-5)9-12-20(18)24-22/h7-13,19,21-22,24H,6,14H2,1-5H3/t19-,21?,22+/m0/s1. The Balaban J connectivity index is 1.75. The van der Waals surface area contributed by atoms with Gasteiger partial charge in [-0.05, 0) is 54.7 Å². The summed E-state index contributed by atoms with van der Waals surface area (Å²) in [6.07, 6.45) is 0.765. The van der Waals surface area contributed by atoms with Gasteiger partial charge in [0.25, 0.3) is 0 Å². The molecule has 0 amide bonds. The molecule has 29 heavy (non-hydrogen) atoms. The van der Waals surface area contributed by atoms with E-state index in [1.807, 2.05) is 25.1 Å². The highest BCUT2D eigenvalue weighted by Gasteiger charge is 2.54. The molecule has 0 spiro atoms. The van der Waals surface area contributed by atoms with Gasteiger partial charge in [-0.15, -0.1) is 0 Å². The zero-order chi connectivity index (χ0) is 21.0. The minimum atomic E-state index is -3.56. The van der Waals surface area contributed by atoms with Crippen LogP contribution in [-0.2, 0) is 15.4 Å². The van der Waals surface area contributed by atoms with E-state index >= 15 is 0 Å². The quantitative estimate of drug-likeness (QED) is 0.816. The maximum Gasteiger partial charge on any atom is 0.243 e. The molecule has 0 saturated carbocycles. The van der Waals surface area contributed by atoms with Crippen molar-refractivity contribution in [2.45, 2.75) is 56.5 Å². The van der Waals surface area contributed by atoms with Crippen LogP contribution in [0.3, 0.4) is 0 Å². The fourth-order valence-electron chi connectivity index (χ4n) is 5.03. The Kier molecular flexibility index (Phi) is 4.90. The molecule has 2 aromatic rings. The molecule has 2 aliphatic heterocycles. The van der Waals surface area contributed by atoms with Crippen LogP contribution in [-0.4, -0.2) is 38.5 Å². The van der Waals surface area contributed by atoms with Crippen molar-refractivity contribution in [3.8, 4) is 5.75 Å². The van der Waals surface area contributed by atoms with Crippen molar-refractivity contribution < 1.29 is 13.2 Å². The lowest BCUT2D eigenvalue weighted by Crippen LogP contribution is -2.48. The number of nitrogens with one attached hydrogen (secondary N) is 1. The highest BCUT2D eigenvalue weighted by Crippen LogP contribution is 2.50. The average Bonchev–Trinajstić information content (AvgIpc) is 3.08. The van der Waals surface area contributed by atoms with Gasteiger partial charge in [0.05, 0.1) is 12.0 Å². The van der Waals surface area contributed by atoms with Crippen LogP contribution in [0.1, 0.15) is 38.3 Å². The van der Waals surface area contributed by atoms with Gasteiger partial charge in [-0.3, -0.25) is 0 Å². The van der Waals surface area contributed by atoms with E-state index in [1.165, 1.54) is 5.56 Å². The first-order chi connectivity index (χ1) is 13.7. The molecule has 3 atom stereocenters. The SMILES string of the molecule is CCC1[C@@H]2Nc3ccc(OC)cc3C(C)(C)[C@H]2CN1S(=O)(=O)c1ccc(C)cc1. The molecular formula is C23H30N2O3S. The van der Waals surface area contributed by atoms with Crippen LogP contribution < -0.4 is 10.1 Å². The Hall–Kier alpha value is -2.05. The second-order valence-electron chi connectivity index (χ2n) is 8.77. The van der Waals surface area contributed by atoms with E-state index < -0.39 is 10.0 Å². The van der Waals surface area contributed by atoms with Crippen molar-refractivity contribution in [2.24, 2.45) is 5.92 Å². The second kappa shape index (κ2) is 7.03. The van der Waals surface area contributed by atoms with Crippen molar-refractivity contribution in [3.05, 3.63) is 53.6 Å². The lowest BCUT2D eigenvalue weighted by Gasteiger charge is -2.43. The number of rotatable bonds is 4. The monoisotopic (exact) mass is 414 g/mol. The normalized spacial score (nSPS) is 25.8. The number of hydrogen-bond donors (Lipinski definition) is 1. The van der Waals surface area contributed by atoms with Crippen LogP contribution in [0.2, 0.25) is 0 Å². The first-order valence-electron chi connectivity index (χ1n) is 10.2. The molecule has 1 saturated heterocycles. The Morgan fingerprint density at radius 2 is 1.86 bits per heavy atom. The third-order valence-electron chi connectivity index (χ3n) is 6.81. The van der Waals surface area contributed by atoms with Crippen molar-refractivity contribution in [3.63, 3.8) is 0 Å². The summed E-state index contributed by atoms with van der Waals surface area (Å²) in [6.45, 7) is 8.99. The Morgan fingerprint density at radius 3 is 2.48 bits per heavy atom. The molecular weight excluding hydrogens is 384 g/mol. The summed E-state index contributed by atoms with van der Waals surface area (Å²) in [4.78, 5) is 0.372. The smallest absolute Gasteiger partial charge is 0.243 e. The molecule has 156 valence electrons. The van der Waals surface area contributed by atoms with E-state index in [9.17, 15) is 8.42 Å². The molecule has 0 aromatic heterocycles. The Morgan fingerprint density at radius 1 is 1.17 bits per heavy atom. The summed E-state index contributed by atoms with van der Waals surface area (Å²) in [5.41, 5.74) is 3.14. The molecule has 1 N–H and O–H groups in total. The maximum atomic E-state index is 13.5. The van der Waals surface area contributed by atoms with Crippen LogP contribution in [0, 0.1) is 12.8 Å². The molecule has 2 aromatic carbocycles. The predicted molar refractivity (Wildman–Crippen MR) is 116 cm³/mol. The number of aryl methyl sites for hydroxylation is 1. The minimum absolute atomic E-state index is 0.0797. The van der Waals surface area contributed by atoms with E-state index in [0.717, 1.165) is 23.4 Å². The fraction of sp³-hybridized carbons (Fsp3) is 0.478. The highest BCUT2D eigenvalue weighted by atomic mass is 32.2. The fourth-order valence-corrected chi connectivity index (χ4v) is 6.78. The number of ether oxygens (including phenoxy) is 1. The lowest BCUT2D eigenvalue weighted by atomic mass is 9.67. The third-order valence-corrected chi connectivity index (χ3v) is 8.72. The van der Waals surface area contributed by atoms with Gasteiger partial charge in [-0.1, -0.05) is 38.5 Å². The summed E-state index contributed by atoms with van der Waals surface area (Å²) in [6, 6.07) is 13.3. The first kappa shape index (κ1) is 20.2. The number of anilines is 1. The highest BCUT2D eigenvalue weighted by molar-refractivity contribution is 7.89. The number of fused-ring (bicyclic) bond motifs is 2. The summed E-state index contributed by atoms with van der Waals surface area (Å²) in [7, 11) is -1.88. The van der Waals surface area contributed by atoms with E-state index in [2.05, 4.69) is 38.2 Å². The summed E-state index contributed by atoms with van der Waals surface area (Å²) >= 11 is 0. The third kappa shape index (κ3) is 3.13. The lowest BCUT2D eigenvalue weighted by molar-refractivity contribution is 0.300. The zero-order valence-corrected chi connectivity index (χ0v) is 18.6. The van der Waals surface area contributed by atoms with Crippen molar-refractivity contribution >= 4 is 15.7 Å².